The predicted octanol–water partition coefficient (Wildman–Crippen LogP) is 3.06. The predicted molar refractivity (Wildman–Crippen MR) is 114 cm³/mol. The highest BCUT2D eigenvalue weighted by Crippen LogP contribution is 2.21. The number of amides is 1. The minimum atomic E-state index is -3.87. The number of carbonyl (C=O) groups excluding carboxylic acids is 2. The molecule has 7 nitrogen and oxygen atoms in total. The molecule has 0 N–H and O–H groups in total. The van der Waals surface area contributed by atoms with Gasteiger partial charge in [0.15, 0.2) is 0 Å². The maximum atomic E-state index is 14.6. The van der Waals surface area contributed by atoms with Gasteiger partial charge in [-0.15, -0.1) is 0 Å². The summed E-state index contributed by atoms with van der Waals surface area (Å²) in [6, 6.07) is 12.2. The van der Waals surface area contributed by atoms with Crippen molar-refractivity contribution < 1.29 is 27.1 Å². The summed E-state index contributed by atoms with van der Waals surface area (Å²) in [5, 5.41) is 0. The second-order valence-corrected chi connectivity index (χ2v) is 8.71. The van der Waals surface area contributed by atoms with E-state index in [9.17, 15) is 22.4 Å². The van der Waals surface area contributed by atoms with E-state index >= 15 is 0 Å². The second kappa shape index (κ2) is 11.0. The van der Waals surface area contributed by atoms with E-state index in [0.29, 0.717) is 0 Å². The van der Waals surface area contributed by atoms with Crippen molar-refractivity contribution in [2.75, 3.05) is 26.7 Å². The summed E-state index contributed by atoms with van der Waals surface area (Å²) in [7, 11) is -2.62. The number of ether oxygens (including phenoxy) is 1. The Hall–Kier alpha value is -2.78. The first-order valence-electron chi connectivity index (χ1n) is 9.94. The van der Waals surface area contributed by atoms with E-state index in [0.717, 1.165) is 23.8 Å². The molecule has 168 valence electrons. The first kappa shape index (κ1) is 24.5. The standard InChI is InChI=1S/C22H27FN2O5S/c1-4-25(5-2)31(28,29)18-11-12-20(23)19(15-18)22(27)24(14-13-21(26)30-3)16-17-9-7-6-8-10-17/h6-12,15H,4-5,13-14,16H2,1-3H3. The van der Waals surface area contributed by atoms with Crippen molar-refractivity contribution in [3.8, 4) is 0 Å². The van der Waals surface area contributed by atoms with E-state index in [2.05, 4.69) is 4.74 Å². The van der Waals surface area contributed by atoms with Crippen LogP contribution in [0, 0.1) is 5.82 Å². The zero-order chi connectivity index (χ0) is 23.0. The van der Waals surface area contributed by atoms with Crippen LogP contribution in [-0.4, -0.2) is 56.2 Å². The number of halogens is 1. The molecule has 0 saturated carbocycles. The van der Waals surface area contributed by atoms with Gasteiger partial charge in [0, 0.05) is 26.2 Å². The summed E-state index contributed by atoms with van der Waals surface area (Å²) in [6.07, 6.45) is -0.0753. The van der Waals surface area contributed by atoms with Crippen LogP contribution in [-0.2, 0) is 26.1 Å². The number of methoxy groups -OCH3 is 1. The molecule has 0 fully saturated rings. The number of nitrogens with zero attached hydrogens (tertiary/aromatic N) is 2. The Morgan fingerprint density at radius 1 is 1.03 bits per heavy atom. The number of benzene rings is 2. The van der Waals surface area contributed by atoms with E-state index in [1.54, 1.807) is 38.1 Å². The van der Waals surface area contributed by atoms with Gasteiger partial charge in [-0.25, -0.2) is 12.8 Å². The number of esters is 1. The van der Waals surface area contributed by atoms with Crippen molar-refractivity contribution in [3.05, 3.63) is 65.5 Å². The average Bonchev–Trinajstić information content (AvgIpc) is 2.77. The molecule has 0 aliphatic carbocycles. The van der Waals surface area contributed by atoms with Crippen molar-refractivity contribution >= 4 is 21.9 Å². The number of hydrogen-bond acceptors (Lipinski definition) is 5. The maximum absolute atomic E-state index is 14.6. The average molecular weight is 451 g/mol. The number of sulfonamides is 1. The zero-order valence-electron chi connectivity index (χ0n) is 17.9. The van der Waals surface area contributed by atoms with E-state index in [-0.39, 0.29) is 43.1 Å². The third kappa shape index (κ3) is 6.11. The Bertz CT molecular complexity index is 1010. The number of hydrogen-bond donors (Lipinski definition) is 0. The highest BCUT2D eigenvalue weighted by atomic mass is 32.2. The Balaban J connectivity index is 2.41. The topological polar surface area (TPSA) is 84.0 Å². The van der Waals surface area contributed by atoms with Gasteiger partial charge in [0.1, 0.15) is 5.82 Å². The molecule has 0 aromatic heterocycles. The molecule has 0 bridgehead atoms. The van der Waals surface area contributed by atoms with Crippen LogP contribution in [0.4, 0.5) is 4.39 Å². The monoisotopic (exact) mass is 450 g/mol. The van der Waals surface area contributed by atoms with Crippen LogP contribution in [0.2, 0.25) is 0 Å². The van der Waals surface area contributed by atoms with E-state index in [1.165, 1.54) is 16.3 Å². The van der Waals surface area contributed by atoms with Crippen molar-refractivity contribution in [3.63, 3.8) is 0 Å². The van der Waals surface area contributed by atoms with Gasteiger partial charge in [0.2, 0.25) is 10.0 Å². The summed E-state index contributed by atoms with van der Waals surface area (Å²) >= 11 is 0. The molecule has 9 heteroatoms. The molecule has 2 aromatic rings. The Morgan fingerprint density at radius 2 is 1.68 bits per heavy atom. The number of carbonyl (C=O) groups is 2. The van der Waals surface area contributed by atoms with Gasteiger partial charge in [-0.1, -0.05) is 44.2 Å². The van der Waals surface area contributed by atoms with Crippen LogP contribution in [0.1, 0.15) is 36.2 Å². The van der Waals surface area contributed by atoms with Crippen LogP contribution in [0.25, 0.3) is 0 Å². The first-order chi connectivity index (χ1) is 14.7. The van der Waals surface area contributed by atoms with E-state index in [1.807, 2.05) is 6.07 Å². The molecule has 0 saturated heterocycles. The van der Waals surface area contributed by atoms with E-state index < -0.39 is 27.7 Å². The van der Waals surface area contributed by atoms with Crippen LogP contribution < -0.4 is 0 Å². The Labute approximate surface area is 182 Å². The van der Waals surface area contributed by atoms with Crippen LogP contribution in [0.3, 0.4) is 0 Å². The summed E-state index contributed by atoms with van der Waals surface area (Å²) in [5.74, 6) is -2.05. The summed E-state index contributed by atoms with van der Waals surface area (Å²) in [6.45, 7) is 4.02. The molecule has 0 heterocycles. The minimum absolute atomic E-state index is 0.00708. The van der Waals surface area contributed by atoms with Gasteiger partial charge in [-0.05, 0) is 23.8 Å². The largest absolute Gasteiger partial charge is 0.469 e. The molecule has 0 aliphatic rings. The van der Waals surface area contributed by atoms with Crippen LogP contribution >= 0.6 is 0 Å². The second-order valence-electron chi connectivity index (χ2n) is 6.77. The molecule has 31 heavy (non-hydrogen) atoms. The highest BCUT2D eigenvalue weighted by Gasteiger charge is 2.26. The molecule has 0 spiro atoms. The molecule has 2 aromatic carbocycles. The van der Waals surface area contributed by atoms with Crippen LogP contribution in [0.5, 0.6) is 0 Å². The van der Waals surface area contributed by atoms with Crippen molar-refractivity contribution in [1.29, 1.82) is 0 Å². The molecule has 2 rings (SSSR count). The maximum Gasteiger partial charge on any atom is 0.307 e. The molecular formula is C22H27FN2O5S. The third-order valence-electron chi connectivity index (χ3n) is 4.83. The quantitative estimate of drug-likeness (QED) is 0.520. The Morgan fingerprint density at radius 3 is 2.26 bits per heavy atom. The lowest BCUT2D eigenvalue weighted by Crippen LogP contribution is -2.34. The van der Waals surface area contributed by atoms with Crippen molar-refractivity contribution in [2.24, 2.45) is 0 Å². The normalized spacial score (nSPS) is 11.4. The fourth-order valence-electron chi connectivity index (χ4n) is 3.10. The molecule has 0 unspecified atom stereocenters. The minimum Gasteiger partial charge on any atom is -0.469 e. The molecular weight excluding hydrogens is 423 g/mol. The summed E-state index contributed by atoms with van der Waals surface area (Å²) in [5.41, 5.74) is 0.419. The van der Waals surface area contributed by atoms with E-state index in [4.69, 9.17) is 0 Å². The molecule has 1 amide bonds. The lowest BCUT2D eigenvalue weighted by Gasteiger charge is -2.24. The van der Waals surface area contributed by atoms with Gasteiger partial charge in [-0.3, -0.25) is 9.59 Å². The lowest BCUT2D eigenvalue weighted by molar-refractivity contribution is -0.140. The fraction of sp³-hybridized carbons (Fsp3) is 0.364. The molecule has 0 atom stereocenters. The van der Waals surface area contributed by atoms with Crippen molar-refractivity contribution in [2.45, 2.75) is 31.7 Å². The van der Waals surface area contributed by atoms with Crippen molar-refractivity contribution in [1.82, 2.24) is 9.21 Å². The summed E-state index contributed by atoms with van der Waals surface area (Å²) in [4.78, 5) is 25.9. The SMILES string of the molecule is CCN(CC)S(=O)(=O)c1ccc(F)c(C(=O)N(CCC(=O)OC)Cc2ccccc2)c1. The zero-order valence-corrected chi connectivity index (χ0v) is 18.7. The first-order valence-corrected chi connectivity index (χ1v) is 11.4. The summed E-state index contributed by atoms with van der Waals surface area (Å²) < 4.78 is 46.1. The molecule has 0 aliphatic heterocycles. The molecule has 0 radical (unpaired) electrons. The van der Waals surface area contributed by atoms with Gasteiger partial charge in [0.05, 0.1) is 24.0 Å². The van der Waals surface area contributed by atoms with Gasteiger partial charge >= 0.3 is 5.97 Å². The third-order valence-corrected chi connectivity index (χ3v) is 6.87. The van der Waals surface area contributed by atoms with Gasteiger partial charge in [0.25, 0.3) is 5.91 Å². The smallest absolute Gasteiger partial charge is 0.307 e. The van der Waals surface area contributed by atoms with Crippen LogP contribution in [0.15, 0.2) is 53.4 Å². The lowest BCUT2D eigenvalue weighted by atomic mass is 10.1. The van der Waals surface area contributed by atoms with Gasteiger partial charge in [-0.2, -0.15) is 4.31 Å². The fourth-order valence-corrected chi connectivity index (χ4v) is 4.58. The highest BCUT2D eigenvalue weighted by molar-refractivity contribution is 7.89. The Kier molecular flexibility index (Phi) is 8.70. The number of rotatable bonds is 10. The van der Waals surface area contributed by atoms with Gasteiger partial charge < -0.3 is 9.64 Å².